The van der Waals surface area contributed by atoms with Gasteiger partial charge in [-0.05, 0) is 37.5 Å². The quantitative estimate of drug-likeness (QED) is 0.730. The van der Waals surface area contributed by atoms with Crippen molar-refractivity contribution in [1.82, 2.24) is 5.32 Å². The molecule has 82 valence electrons. The molecule has 0 aromatic rings. The van der Waals surface area contributed by atoms with E-state index in [4.69, 9.17) is 5.73 Å². The van der Waals surface area contributed by atoms with E-state index in [0.717, 1.165) is 12.5 Å². The Morgan fingerprint density at radius 2 is 2.29 bits per heavy atom. The number of rotatable bonds is 5. The van der Waals surface area contributed by atoms with Gasteiger partial charge in [-0.25, -0.2) is 0 Å². The fourth-order valence-corrected chi connectivity index (χ4v) is 3.42. The Morgan fingerprint density at radius 1 is 1.43 bits per heavy atom. The second kappa shape index (κ2) is 4.86. The minimum atomic E-state index is 0.276. The first-order valence-electron chi connectivity index (χ1n) is 5.87. The molecule has 14 heavy (non-hydrogen) atoms. The molecule has 2 fully saturated rings. The van der Waals surface area contributed by atoms with Gasteiger partial charge in [0.15, 0.2) is 0 Å². The summed E-state index contributed by atoms with van der Waals surface area (Å²) >= 11 is 2.06. The molecule has 3 N–H and O–H groups in total. The van der Waals surface area contributed by atoms with Crippen LogP contribution >= 0.6 is 11.8 Å². The van der Waals surface area contributed by atoms with Crippen molar-refractivity contribution in [1.29, 1.82) is 0 Å². The van der Waals surface area contributed by atoms with Crippen LogP contribution in [0.4, 0.5) is 0 Å². The van der Waals surface area contributed by atoms with Crippen LogP contribution in [0.2, 0.25) is 0 Å². The highest BCUT2D eigenvalue weighted by atomic mass is 32.2. The summed E-state index contributed by atoms with van der Waals surface area (Å²) in [5.41, 5.74) is 6.17. The lowest BCUT2D eigenvalue weighted by molar-refractivity contribution is 0.333. The normalized spacial score (nSPS) is 33.2. The van der Waals surface area contributed by atoms with E-state index >= 15 is 0 Å². The van der Waals surface area contributed by atoms with Crippen molar-refractivity contribution in [2.45, 2.75) is 37.6 Å². The maximum Gasteiger partial charge on any atom is 0.0395 e. The van der Waals surface area contributed by atoms with Gasteiger partial charge in [0.2, 0.25) is 0 Å². The molecule has 2 nitrogen and oxygen atoms in total. The van der Waals surface area contributed by atoms with Crippen molar-refractivity contribution < 1.29 is 0 Å². The molecule has 1 saturated heterocycles. The van der Waals surface area contributed by atoms with Crippen molar-refractivity contribution >= 4 is 11.8 Å². The molecule has 0 amide bonds. The summed E-state index contributed by atoms with van der Waals surface area (Å²) in [5.74, 6) is 3.58. The Hall–Kier alpha value is 0.270. The average Bonchev–Trinajstić information content (AvgIpc) is 3.03. The molecule has 0 aromatic heterocycles. The van der Waals surface area contributed by atoms with E-state index in [1.54, 1.807) is 0 Å². The van der Waals surface area contributed by atoms with Crippen LogP contribution in [0.25, 0.3) is 0 Å². The van der Waals surface area contributed by atoms with E-state index < -0.39 is 0 Å². The molecule has 0 aromatic carbocycles. The SMILES string of the molecule is NCC1(NCCC2CC2)CCCSC1. The molecule has 1 saturated carbocycles. The van der Waals surface area contributed by atoms with Crippen LogP contribution in [0.1, 0.15) is 32.1 Å². The molecular weight excluding hydrogens is 192 g/mol. The molecule has 1 unspecified atom stereocenters. The number of thioether (sulfide) groups is 1. The molecule has 1 aliphatic heterocycles. The Morgan fingerprint density at radius 3 is 2.86 bits per heavy atom. The summed E-state index contributed by atoms with van der Waals surface area (Å²) in [5, 5.41) is 3.71. The Bertz CT molecular complexity index is 174. The van der Waals surface area contributed by atoms with E-state index in [-0.39, 0.29) is 5.54 Å². The van der Waals surface area contributed by atoms with Gasteiger partial charge in [0, 0.05) is 17.8 Å². The van der Waals surface area contributed by atoms with Gasteiger partial charge in [-0.1, -0.05) is 12.8 Å². The number of nitrogens with one attached hydrogen (secondary N) is 1. The van der Waals surface area contributed by atoms with Crippen molar-refractivity contribution in [3.63, 3.8) is 0 Å². The Labute approximate surface area is 91.4 Å². The zero-order valence-electron chi connectivity index (χ0n) is 8.93. The van der Waals surface area contributed by atoms with Crippen molar-refractivity contribution in [2.75, 3.05) is 24.6 Å². The molecule has 2 aliphatic rings. The summed E-state index contributed by atoms with van der Waals surface area (Å²) in [6.07, 6.45) is 6.91. The minimum Gasteiger partial charge on any atom is -0.329 e. The van der Waals surface area contributed by atoms with Crippen molar-refractivity contribution in [3.05, 3.63) is 0 Å². The number of hydrogen-bond donors (Lipinski definition) is 2. The van der Waals surface area contributed by atoms with Gasteiger partial charge in [-0.2, -0.15) is 11.8 Å². The smallest absolute Gasteiger partial charge is 0.0395 e. The van der Waals surface area contributed by atoms with Gasteiger partial charge in [-0.15, -0.1) is 0 Å². The van der Waals surface area contributed by atoms with Gasteiger partial charge in [0.1, 0.15) is 0 Å². The van der Waals surface area contributed by atoms with E-state index in [1.807, 2.05) is 0 Å². The lowest BCUT2D eigenvalue weighted by atomic mass is 9.95. The van der Waals surface area contributed by atoms with Crippen LogP contribution in [0.5, 0.6) is 0 Å². The summed E-state index contributed by atoms with van der Waals surface area (Å²) in [6.45, 7) is 1.99. The molecule has 1 aliphatic carbocycles. The monoisotopic (exact) mass is 214 g/mol. The third kappa shape index (κ3) is 2.88. The maximum atomic E-state index is 5.89. The predicted octanol–water partition coefficient (Wildman–Crippen LogP) is 1.60. The fourth-order valence-electron chi connectivity index (χ4n) is 2.17. The van der Waals surface area contributed by atoms with Crippen LogP contribution in [0.3, 0.4) is 0 Å². The molecule has 2 rings (SSSR count). The topological polar surface area (TPSA) is 38.0 Å². The molecule has 1 atom stereocenters. The summed E-state index contributed by atoms with van der Waals surface area (Å²) in [6, 6.07) is 0. The van der Waals surface area contributed by atoms with Crippen LogP contribution in [0.15, 0.2) is 0 Å². The van der Waals surface area contributed by atoms with Gasteiger partial charge in [-0.3, -0.25) is 0 Å². The molecular formula is C11H22N2S. The first-order valence-corrected chi connectivity index (χ1v) is 7.03. The first-order chi connectivity index (χ1) is 6.85. The zero-order valence-corrected chi connectivity index (χ0v) is 9.74. The van der Waals surface area contributed by atoms with Crippen LogP contribution in [-0.4, -0.2) is 30.1 Å². The van der Waals surface area contributed by atoms with Crippen molar-refractivity contribution in [3.8, 4) is 0 Å². The minimum absolute atomic E-state index is 0.276. The van der Waals surface area contributed by atoms with E-state index in [2.05, 4.69) is 17.1 Å². The van der Waals surface area contributed by atoms with Crippen molar-refractivity contribution in [2.24, 2.45) is 11.7 Å². The molecule has 0 bridgehead atoms. The van der Waals surface area contributed by atoms with E-state index in [9.17, 15) is 0 Å². The van der Waals surface area contributed by atoms with Gasteiger partial charge < -0.3 is 11.1 Å². The molecule has 0 radical (unpaired) electrons. The third-order valence-corrected chi connectivity index (χ3v) is 4.80. The highest BCUT2D eigenvalue weighted by molar-refractivity contribution is 7.99. The summed E-state index contributed by atoms with van der Waals surface area (Å²) in [7, 11) is 0. The summed E-state index contributed by atoms with van der Waals surface area (Å²) < 4.78 is 0. The first kappa shape index (κ1) is 10.8. The lowest BCUT2D eigenvalue weighted by Gasteiger charge is -2.37. The highest BCUT2D eigenvalue weighted by Gasteiger charge is 2.31. The lowest BCUT2D eigenvalue weighted by Crippen LogP contribution is -2.55. The molecule has 0 spiro atoms. The summed E-state index contributed by atoms with van der Waals surface area (Å²) in [4.78, 5) is 0. The highest BCUT2D eigenvalue weighted by Crippen LogP contribution is 2.32. The standard InChI is InChI=1S/C11H22N2S/c12-8-11(5-1-7-14-9-11)13-6-4-10-2-3-10/h10,13H,1-9,12H2. The Kier molecular flexibility index (Phi) is 3.74. The zero-order chi connectivity index (χ0) is 9.86. The average molecular weight is 214 g/mol. The van der Waals surface area contributed by atoms with Gasteiger partial charge >= 0.3 is 0 Å². The van der Waals surface area contributed by atoms with Crippen LogP contribution < -0.4 is 11.1 Å². The van der Waals surface area contributed by atoms with E-state index in [1.165, 1.54) is 50.2 Å². The Balaban J connectivity index is 1.71. The molecule has 1 heterocycles. The maximum absolute atomic E-state index is 5.89. The van der Waals surface area contributed by atoms with Crippen LogP contribution in [-0.2, 0) is 0 Å². The second-order valence-corrected chi connectivity index (χ2v) is 5.90. The molecule has 3 heteroatoms. The van der Waals surface area contributed by atoms with Gasteiger partial charge in [0.25, 0.3) is 0 Å². The van der Waals surface area contributed by atoms with Gasteiger partial charge in [0.05, 0.1) is 0 Å². The number of nitrogens with two attached hydrogens (primary N) is 1. The largest absolute Gasteiger partial charge is 0.329 e. The third-order valence-electron chi connectivity index (χ3n) is 3.46. The van der Waals surface area contributed by atoms with Crippen LogP contribution in [0, 0.1) is 5.92 Å². The number of hydrogen-bond acceptors (Lipinski definition) is 3. The fraction of sp³-hybridized carbons (Fsp3) is 1.00. The van der Waals surface area contributed by atoms with E-state index in [0.29, 0.717) is 0 Å². The predicted molar refractivity (Wildman–Crippen MR) is 63.7 cm³/mol. The second-order valence-electron chi connectivity index (χ2n) is 4.80.